The molecule has 0 heterocycles. The van der Waals surface area contributed by atoms with Crippen LogP contribution in [0.25, 0.3) is 0 Å². The summed E-state index contributed by atoms with van der Waals surface area (Å²) in [5, 5.41) is 0.609. The van der Waals surface area contributed by atoms with Gasteiger partial charge in [-0.2, -0.15) is 0 Å². The largest absolute Gasteiger partial charge is 0.319 e. The molecule has 0 saturated heterocycles. The molecule has 0 spiro atoms. The molecule has 0 aliphatic heterocycles. The molecule has 1 aromatic rings. The van der Waals surface area contributed by atoms with Crippen molar-refractivity contribution in [3.63, 3.8) is 0 Å². The van der Waals surface area contributed by atoms with Crippen molar-refractivity contribution in [1.29, 1.82) is 0 Å². The first kappa shape index (κ1) is 13.2. The Kier molecular flexibility index (Phi) is 4.11. The number of benzene rings is 1. The number of ketones is 1. The third-order valence-corrected chi connectivity index (χ3v) is 3.13. The van der Waals surface area contributed by atoms with Gasteiger partial charge in [-0.05, 0) is 31.9 Å². The minimum Gasteiger partial charge on any atom is -0.319 e. The molecule has 0 saturated carbocycles. The minimum atomic E-state index is -0.798. The number of aryl methyl sites for hydroxylation is 1. The highest BCUT2D eigenvalue weighted by molar-refractivity contribution is 6.31. The molecule has 0 fully saturated rings. The van der Waals surface area contributed by atoms with E-state index in [0.717, 1.165) is 12.0 Å². The summed E-state index contributed by atoms with van der Waals surface area (Å²) in [6.45, 7) is 5.69. The van der Waals surface area contributed by atoms with Crippen LogP contribution >= 0.6 is 11.6 Å². The van der Waals surface area contributed by atoms with Crippen LogP contribution in [0.4, 0.5) is 0 Å². The second-order valence-electron chi connectivity index (χ2n) is 4.46. The normalized spacial score (nSPS) is 14.6. The average Bonchev–Trinajstić information content (AvgIpc) is 2.21. The summed E-state index contributed by atoms with van der Waals surface area (Å²) in [6, 6.07) is 5.32. The lowest BCUT2D eigenvalue weighted by atomic mass is 9.88. The second kappa shape index (κ2) is 4.98. The molecule has 88 valence electrons. The predicted octanol–water partition coefficient (Wildman–Crippen LogP) is 3.35. The predicted molar refractivity (Wildman–Crippen MR) is 68.0 cm³/mol. The van der Waals surface area contributed by atoms with E-state index in [4.69, 9.17) is 17.3 Å². The van der Waals surface area contributed by atoms with Crippen molar-refractivity contribution in [2.24, 2.45) is 5.73 Å². The van der Waals surface area contributed by atoms with Gasteiger partial charge in [-0.25, -0.2) is 0 Å². The van der Waals surface area contributed by atoms with Gasteiger partial charge in [0.05, 0.1) is 5.54 Å². The monoisotopic (exact) mass is 239 g/mol. The Morgan fingerprint density at radius 1 is 1.50 bits per heavy atom. The van der Waals surface area contributed by atoms with Crippen molar-refractivity contribution in [2.45, 2.75) is 39.2 Å². The van der Waals surface area contributed by atoms with Crippen molar-refractivity contribution in [2.75, 3.05) is 0 Å². The Bertz CT molecular complexity index is 399. The van der Waals surface area contributed by atoms with Crippen LogP contribution in [0, 0.1) is 6.92 Å². The van der Waals surface area contributed by atoms with Gasteiger partial charge in [0.2, 0.25) is 0 Å². The van der Waals surface area contributed by atoms with E-state index in [-0.39, 0.29) is 5.78 Å². The maximum absolute atomic E-state index is 12.1. The van der Waals surface area contributed by atoms with Gasteiger partial charge in [-0.1, -0.05) is 37.1 Å². The van der Waals surface area contributed by atoms with Crippen molar-refractivity contribution >= 4 is 17.4 Å². The van der Waals surface area contributed by atoms with Crippen LogP contribution in [0.3, 0.4) is 0 Å². The molecule has 0 bridgehead atoms. The summed E-state index contributed by atoms with van der Waals surface area (Å²) < 4.78 is 0. The van der Waals surface area contributed by atoms with Crippen LogP contribution in [0.1, 0.15) is 42.6 Å². The van der Waals surface area contributed by atoms with Crippen LogP contribution in [0.2, 0.25) is 5.02 Å². The van der Waals surface area contributed by atoms with Crippen molar-refractivity contribution in [3.05, 3.63) is 34.3 Å². The molecule has 1 rings (SSSR count). The number of carbonyl (C=O) groups excluding carboxylic acids is 1. The summed E-state index contributed by atoms with van der Waals surface area (Å²) in [5.41, 5.74) is 6.76. The van der Waals surface area contributed by atoms with E-state index in [1.165, 1.54) is 0 Å². The molecular formula is C13H18ClNO. The van der Waals surface area contributed by atoms with E-state index in [0.29, 0.717) is 17.0 Å². The topological polar surface area (TPSA) is 43.1 Å². The van der Waals surface area contributed by atoms with Crippen LogP contribution in [-0.4, -0.2) is 11.3 Å². The first-order chi connectivity index (χ1) is 7.38. The molecule has 0 aliphatic carbocycles. The van der Waals surface area contributed by atoms with Crippen molar-refractivity contribution in [1.82, 2.24) is 0 Å². The van der Waals surface area contributed by atoms with E-state index in [9.17, 15) is 4.79 Å². The van der Waals surface area contributed by atoms with Crippen LogP contribution in [0.5, 0.6) is 0 Å². The van der Waals surface area contributed by atoms with Crippen molar-refractivity contribution in [3.8, 4) is 0 Å². The van der Waals surface area contributed by atoms with Crippen molar-refractivity contribution < 1.29 is 4.79 Å². The zero-order valence-electron chi connectivity index (χ0n) is 10.0. The number of Topliss-reactive ketones (excluding diaryl/α,β-unsaturated/α-hetero) is 1. The summed E-state index contributed by atoms with van der Waals surface area (Å²) in [7, 11) is 0. The summed E-state index contributed by atoms with van der Waals surface area (Å²) in [4.78, 5) is 12.1. The summed E-state index contributed by atoms with van der Waals surface area (Å²) in [5.74, 6) is -0.0451. The van der Waals surface area contributed by atoms with E-state index >= 15 is 0 Å². The first-order valence-electron chi connectivity index (χ1n) is 5.48. The van der Waals surface area contributed by atoms with Gasteiger partial charge in [-0.15, -0.1) is 0 Å². The Morgan fingerprint density at radius 2 is 2.12 bits per heavy atom. The van der Waals surface area contributed by atoms with Gasteiger partial charge in [0.15, 0.2) is 5.78 Å². The molecule has 1 unspecified atom stereocenters. The van der Waals surface area contributed by atoms with E-state index in [2.05, 4.69) is 0 Å². The number of halogens is 1. The lowest BCUT2D eigenvalue weighted by Gasteiger charge is -2.22. The Morgan fingerprint density at radius 3 is 2.62 bits per heavy atom. The number of hydrogen-bond donors (Lipinski definition) is 1. The summed E-state index contributed by atoms with van der Waals surface area (Å²) in [6.07, 6.45) is 1.57. The lowest BCUT2D eigenvalue weighted by molar-refractivity contribution is 0.0893. The summed E-state index contributed by atoms with van der Waals surface area (Å²) >= 11 is 5.99. The molecule has 0 amide bonds. The van der Waals surface area contributed by atoms with E-state index in [1.54, 1.807) is 19.1 Å². The molecule has 2 nitrogen and oxygen atoms in total. The molecule has 0 aromatic heterocycles. The first-order valence-corrected chi connectivity index (χ1v) is 5.86. The molecular weight excluding hydrogens is 222 g/mol. The van der Waals surface area contributed by atoms with Gasteiger partial charge in [0.25, 0.3) is 0 Å². The molecule has 3 heteroatoms. The fourth-order valence-corrected chi connectivity index (χ4v) is 1.88. The third kappa shape index (κ3) is 2.83. The molecule has 2 N–H and O–H groups in total. The Balaban J connectivity index is 3.01. The third-order valence-electron chi connectivity index (χ3n) is 2.72. The van der Waals surface area contributed by atoms with Crippen LogP contribution in [-0.2, 0) is 0 Å². The lowest BCUT2D eigenvalue weighted by Crippen LogP contribution is -2.44. The van der Waals surface area contributed by atoms with Gasteiger partial charge >= 0.3 is 0 Å². The maximum atomic E-state index is 12.1. The van der Waals surface area contributed by atoms with Crippen LogP contribution < -0.4 is 5.73 Å². The quantitative estimate of drug-likeness (QED) is 0.819. The van der Waals surface area contributed by atoms with Gasteiger partial charge in [0, 0.05) is 10.6 Å². The zero-order chi connectivity index (χ0) is 12.3. The minimum absolute atomic E-state index is 0.0451. The molecule has 16 heavy (non-hydrogen) atoms. The second-order valence-corrected chi connectivity index (χ2v) is 4.87. The SMILES string of the molecule is CCCC(C)(N)C(=O)c1ccc(C)c(Cl)c1. The maximum Gasteiger partial charge on any atom is 0.182 e. The Hall–Kier alpha value is -0.860. The smallest absolute Gasteiger partial charge is 0.182 e. The average molecular weight is 240 g/mol. The standard InChI is InChI=1S/C13H18ClNO/c1-4-7-13(3,15)12(16)10-6-5-9(2)11(14)8-10/h5-6,8H,4,7,15H2,1-3H3. The highest BCUT2D eigenvalue weighted by Gasteiger charge is 2.28. The van der Waals surface area contributed by atoms with Gasteiger partial charge < -0.3 is 5.73 Å². The van der Waals surface area contributed by atoms with Crippen LogP contribution in [0.15, 0.2) is 18.2 Å². The molecule has 0 aliphatic rings. The fraction of sp³-hybridized carbons (Fsp3) is 0.462. The Labute approximate surface area is 102 Å². The molecule has 1 aromatic carbocycles. The van der Waals surface area contributed by atoms with E-state index < -0.39 is 5.54 Å². The molecule has 0 radical (unpaired) electrons. The highest BCUT2D eigenvalue weighted by Crippen LogP contribution is 2.21. The number of hydrogen-bond acceptors (Lipinski definition) is 2. The van der Waals surface area contributed by atoms with E-state index in [1.807, 2.05) is 19.9 Å². The number of nitrogens with two attached hydrogens (primary N) is 1. The highest BCUT2D eigenvalue weighted by atomic mass is 35.5. The zero-order valence-corrected chi connectivity index (χ0v) is 10.8. The number of rotatable bonds is 4. The van der Waals surface area contributed by atoms with Gasteiger partial charge in [0.1, 0.15) is 0 Å². The molecule has 1 atom stereocenters. The van der Waals surface area contributed by atoms with Gasteiger partial charge in [-0.3, -0.25) is 4.79 Å². The number of carbonyl (C=O) groups is 1. The fourth-order valence-electron chi connectivity index (χ4n) is 1.70.